The van der Waals surface area contributed by atoms with Crippen molar-refractivity contribution in [2.24, 2.45) is 0 Å². The molecule has 19 heavy (non-hydrogen) atoms. The van der Waals surface area contributed by atoms with E-state index >= 15 is 0 Å². The molecule has 0 radical (unpaired) electrons. The monoisotopic (exact) mass is 261 g/mol. The Labute approximate surface area is 115 Å². The van der Waals surface area contributed by atoms with Crippen molar-refractivity contribution in [3.05, 3.63) is 29.3 Å². The molecule has 1 N–H and O–H groups in total. The van der Waals surface area contributed by atoms with E-state index in [-0.39, 0.29) is 11.7 Å². The minimum atomic E-state index is -0.0319. The Bertz CT molecular complexity index is 450. The van der Waals surface area contributed by atoms with Crippen molar-refractivity contribution in [2.75, 3.05) is 6.54 Å². The first-order chi connectivity index (χ1) is 9.13. The van der Waals surface area contributed by atoms with E-state index in [0.717, 1.165) is 18.4 Å². The largest absolute Gasteiger partial charge is 0.507 e. The zero-order valence-corrected chi connectivity index (χ0v) is 11.9. The van der Waals surface area contributed by atoms with Crippen molar-refractivity contribution in [1.82, 2.24) is 4.90 Å². The smallest absolute Gasteiger partial charge is 0.257 e. The molecule has 0 spiro atoms. The number of hydrogen-bond acceptors (Lipinski definition) is 2. The van der Waals surface area contributed by atoms with Crippen LogP contribution in [0.1, 0.15) is 54.9 Å². The molecule has 1 fully saturated rings. The third kappa shape index (κ3) is 3.09. The average molecular weight is 261 g/mol. The van der Waals surface area contributed by atoms with Gasteiger partial charge in [0.15, 0.2) is 0 Å². The first kappa shape index (κ1) is 13.9. The van der Waals surface area contributed by atoms with Gasteiger partial charge in [-0.1, -0.05) is 30.9 Å². The number of nitrogens with zero attached hydrogens (tertiary/aromatic N) is 1. The predicted molar refractivity (Wildman–Crippen MR) is 76.4 cm³/mol. The highest BCUT2D eigenvalue weighted by molar-refractivity contribution is 5.97. The van der Waals surface area contributed by atoms with Gasteiger partial charge in [-0.25, -0.2) is 0 Å². The Hall–Kier alpha value is -1.51. The molecule has 2 rings (SSSR count). The number of rotatable bonds is 3. The molecule has 0 atom stereocenters. The molecule has 0 heterocycles. The van der Waals surface area contributed by atoms with Gasteiger partial charge in [0.1, 0.15) is 5.75 Å². The molecule has 1 aliphatic rings. The Morgan fingerprint density at radius 1 is 1.32 bits per heavy atom. The van der Waals surface area contributed by atoms with Gasteiger partial charge in [0.05, 0.1) is 5.56 Å². The van der Waals surface area contributed by atoms with Gasteiger partial charge in [0.25, 0.3) is 5.91 Å². The Kier molecular flexibility index (Phi) is 4.46. The van der Waals surface area contributed by atoms with E-state index in [1.165, 1.54) is 19.3 Å². The topological polar surface area (TPSA) is 40.5 Å². The Balaban J connectivity index is 2.22. The van der Waals surface area contributed by atoms with E-state index in [4.69, 9.17) is 0 Å². The van der Waals surface area contributed by atoms with Gasteiger partial charge in [-0.05, 0) is 38.8 Å². The Morgan fingerprint density at radius 3 is 2.63 bits per heavy atom. The number of amides is 1. The van der Waals surface area contributed by atoms with E-state index in [0.29, 0.717) is 18.2 Å². The van der Waals surface area contributed by atoms with Crippen LogP contribution in [0.2, 0.25) is 0 Å². The summed E-state index contributed by atoms with van der Waals surface area (Å²) < 4.78 is 0. The van der Waals surface area contributed by atoms with Gasteiger partial charge >= 0.3 is 0 Å². The molecule has 3 nitrogen and oxygen atoms in total. The fourth-order valence-corrected chi connectivity index (χ4v) is 2.94. The lowest BCUT2D eigenvalue weighted by atomic mass is 9.93. The maximum Gasteiger partial charge on any atom is 0.257 e. The van der Waals surface area contributed by atoms with Crippen LogP contribution in [0.4, 0.5) is 0 Å². The summed E-state index contributed by atoms with van der Waals surface area (Å²) in [4.78, 5) is 14.5. The van der Waals surface area contributed by atoms with Crippen LogP contribution < -0.4 is 0 Å². The minimum absolute atomic E-state index is 0.0319. The van der Waals surface area contributed by atoms with E-state index < -0.39 is 0 Å². The number of carbonyl (C=O) groups is 1. The summed E-state index contributed by atoms with van der Waals surface area (Å²) in [6, 6.07) is 5.55. The number of aromatic hydroxyl groups is 1. The quantitative estimate of drug-likeness (QED) is 0.904. The number of benzene rings is 1. The van der Waals surface area contributed by atoms with E-state index in [9.17, 15) is 9.90 Å². The van der Waals surface area contributed by atoms with Crippen molar-refractivity contribution in [2.45, 2.75) is 52.0 Å². The third-order valence-corrected chi connectivity index (χ3v) is 4.00. The molecule has 1 saturated carbocycles. The van der Waals surface area contributed by atoms with Crippen LogP contribution >= 0.6 is 0 Å². The summed E-state index contributed by atoms with van der Waals surface area (Å²) in [5, 5.41) is 9.90. The van der Waals surface area contributed by atoms with E-state index in [1.54, 1.807) is 12.1 Å². The molecule has 3 heteroatoms. The third-order valence-electron chi connectivity index (χ3n) is 4.00. The van der Waals surface area contributed by atoms with E-state index in [2.05, 4.69) is 0 Å². The molecule has 0 bridgehead atoms. The molecular formula is C16H23NO2. The molecule has 1 amide bonds. The van der Waals surface area contributed by atoms with Gasteiger partial charge in [0, 0.05) is 12.6 Å². The van der Waals surface area contributed by atoms with Crippen LogP contribution in [0.15, 0.2) is 18.2 Å². The molecule has 0 aliphatic heterocycles. The van der Waals surface area contributed by atoms with Crippen LogP contribution in [0.3, 0.4) is 0 Å². The molecule has 1 aromatic rings. The summed E-state index contributed by atoms with van der Waals surface area (Å²) in [5.74, 6) is 0.0560. The zero-order chi connectivity index (χ0) is 13.8. The molecule has 0 unspecified atom stereocenters. The van der Waals surface area contributed by atoms with Gasteiger partial charge in [-0.2, -0.15) is 0 Å². The van der Waals surface area contributed by atoms with Gasteiger partial charge in [-0.3, -0.25) is 4.79 Å². The summed E-state index contributed by atoms with van der Waals surface area (Å²) in [6.07, 6.45) is 5.86. The molecule has 0 saturated heterocycles. The van der Waals surface area contributed by atoms with Crippen molar-refractivity contribution < 1.29 is 9.90 Å². The van der Waals surface area contributed by atoms with Gasteiger partial charge < -0.3 is 10.0 Å². The number of carbonyl (C=O) groups excluding carboxylic acids is 1. The SMILES string of the molecule is CCN(C(=O)c1cc(C)ccc1O)C1CCCCC1. The van der Waals surface area contributed by atoms with Crippen LogP contribution in [0.5, 0.6) is 5.75 Å². The van der Waals surface area contributed by atoms with Crippen LogP contribution in [-0.4, -0.2) is 28.5 Å². The second kappa shape index (κ2) is 6.09. The molecular weight excluding hydrogens is 238 g/mol. The maximum absolute atomic E-state index is 12.6. The molecule has 1 aliphatic carbocycles. The lowest BCUT2D eigenvalue weighted by Gasteiger charge is -2.33. The van der Waals surface area contributed by atoms with Crippen molar-refractivity contribution >= 4 is 5.91 Å². The van der Waals surface area contributed by atoms with E-state index in [1.807, 2.05) is 24.8 Å². The van der Waals surface area contributed by atoms with Gasteiger partial charge in [-0.15, -0.1) is 0 Å². The fraction of sp³-hybridized carbons (Fsp3) is 0.562. The van der Waals surface area contributed by atoms with Crippen molar-refractivity contribution in [1.29, 1.82) is 0 Å². The lowest BCUT2D eigenvalue weighted by Crippen LogP contribution is -2.41. The second-order valence-electron chi connectivity index (χ2n) is 5.40. The normalized spacial score (nSPS) is 16.3. The number of phenols is 1. The molecule has 0 aromatic heterocycles. The summed E-state index contributed by atoms with van der Waals surface area (Å²) in [6.45, 7) is 4.66. The first-order valence-corrected chi connectivity index (χ1v) is 7.24. The lowest BCUT2D eigenvalue weighted by molar-refractivity contribution is 0.0645. The van der Waals surface area contributed by atoms with Crippen LogP contribution in [0.25, 0.3) is 0 Å². The fourth-order valence-electron chi connectivity index (χ4n) is 2.94. The van der Waals surface area contributed by atoms with Crippen molar-refractivity contribution in [3.63, 3.8) is 0 Å². The van der Waals surface area contributed by atoms with Crippen LogP contribution in [0, 0.1) is 6.92 Å². The number of phenolic OH excluding ortho intramolecular Hbond substituents is 1. The predicted octanol–water partition coefficient (Wildman–Crippen LogP) is 3.50. The Morgan fingerprint density at radius 2 is 2.00 bits per heavy atom. The van der Waals surface area contributed by atoms with Gasteiger partial charge in [0.2, 0.25) is 0 Å². The average Bonchev–Trinajstić information content (AvgIpc) is 2.43. The minimum Gasteiger partial charge on any atom is -0.507 e. The molecule has 1 aromatic carbocycles. The van der Waals surface area contributed by atoms with Crippen LogP contribution in [-0.2, 0) is 0 Å². The summed E-state index contributed by atoms with van der Waals surface area (Å²) >= 11 is 0. The standard InChI is InChI=1S/C16H23NO2/c1-3-17(13-7-5-4-6-8-13)16(19)14-11-12(2)9-10-15(14)18/h9-11,13,18H,3-8H2,1-2H3. The highest BCUT2D eigenvalue weighted by Crippen LogP contribution is 2.26. The molecule has 104 valence electrons. The highest BCUT2D eigenvalue weighted by Gasteiger charge is 2.26. The first-order valence-electron chi connectivity index (χ1n) is 7.24. The zero-order valence-electron chi connectivity index (χ0n) is 11.9. The number of aryl methyl sites for hydroxylation is 1. The second-order valence-corrected chi connectivity index (χ2v) is 5.40. The summed E-state index contributed by atoms with van der Waals surface area (Å²) in [5.41, 5.74) is 1.44. The highest BCUT2D eigenvalue weighted by atomic mass is 16.3. The maximum atomic E-state index is 12.6. The number of hydrogen-bond donors (Lipinski definition) is 1. The summed E-state index contributed by atoms with van der Waals surface area (Å²) in [7, 11) is 0. The van der Waals surface area contributed by atoms with Crippen molar-refractivity contribution in [3.8, 4) is 5.75 Å².